The van der Waals surface area contributed by atoms with Crippen LogP contribution in [0.1, 0.15) is 20.8 Å². The standard InChI is InChI=1S/C13H22N2O/c1-5-6-7-8-13(16)15-10-11(2)14(4)9-12(15)3/h5-8,11-12H,9-10H2,1-4H3/b6-5+,8-7+/t11-,12+/m1/s1. The van der Waals surface area contributed by atoms with E-state index in [4.69, 9.17) is 0 Å². The molecule has 0 saturated carbocycles. The Morgan fingerprint density at radius 1 is 1.19 bits per heavy atom. The third kappa shape index (κ3) is 3.20. The van der Waals surface area contributed by atoms with Crippen molar-refractivity contribution < 1.29 is 4.79 Å². The predicted molar refractivity (Wildman–Crippen MR) is 67.2 cm³/mol. The summed E-state index contributed by atoms with van der Waals surface area (Å²) < 4.78 is 0. The van der Waals surface area contributed by atoms with E-state index in [1.807, 2.05) is 24.0 Å². The number of piperazine rings is 1. The average molecular weight is 222 g/mol. The van der Waals surface area contributed by atoms with Gasteiger partial charge in [0.05, 0.1) is 0 Å². The second kappa shape index (κ2) is 5.85. The molecule has 0 aromatic rings. The van der Waals surface area contributed by atoms with Crippen LogP contribution in [0.2, 0.25) is 0 Å². The van der Waals surface area contributed by atoms with Crippen LogP contribution in [-0.2, 0) is 4.79 Å². The van der Waals surface area contributed by atoms with Crippen molar-refractivity contribution in [3.8, 4) is 0 Å². The van der Waals surface area contributed by atoms with E-state index >= 15 is 0 Å². The molecule has 0 unspecified atom stereocenters. The van der Waals surface area contributed by atoms with Crippen molar-refractivity contribution in [3.05, 3.63) is 24.3 Å². The van der Waals surface area contributed by atoms with Crippen LogP contribution >= 0.6 is 0 Å². The van der Waals surface area contributed by atoms with Gasteiger partial charge in [-0.3, -0.25) is 9.69 Å². The first-order chi connectivity index (χ1) is 7.56. The largest absolute Gasteiger partial charge is 0.334 e. The van der Waals surface area contributed by atoms with Gasteiger partial charge in [-0.15, -0.1) is 0 Å². The van der Waals surface area contributed by atoms with Gasteiger partial charge in [0.1, 0.15) is 0 Å². The fraction of sp³-hybridized carbons (Fsp3) is 0.615. The van der Waals surface area contributed by atoms with Gasteiger partial charge in [0.2, 0.25) is 5.91 Å². The number of carbonyl (C=O) groups is 1. The van der Waals surface area contributed by atoms with Gasteiger partial charge >= 0.3 is 0 Å². The van der Waals surface area contributed by atoms with Gasteiger partial charge in [-0.25, -0.2) is 0 Å². The molecule has 90 valence electrons. The molecule has 0 N–H and O–H groups in total. The minimum Gasteiger partial charge on any atom is -0.334 e. The van der Waals surface area contributed by atoms with E-state index in [1.165, 1.54) is 0 Å². The lowest BCUT2D eigenvalue weighted by molar-refractivity contribution is -0.131. The number of carbonyl (C=O) groups excluding carboxylic acids is 1. The van der Waals surface area contributed by atoms with Crippen LogP contribution < -0.4 is 0 Å². The van der Waals surface area contributed by atoms with Gasteiger partial charge in [0.25, 0.3) is 0 Å². The van der Waals surface area contributed by atoms with Crippen LogP contribution in [0.3, 0.4) is 0 Å². The van der Waals surface area contributed by atoms with Crippen molar-refractivity contribution in [1.29, 1.82) is 0 Å². The molecule has 0 aliphatic carbocycles. The van der Waals surface area contributed by atoms with E-state index in [2.05, 4.69) is 25.8 Å². The zero-order valence-corrected chi connectivity index (χ0v) is 10.7. The third-order valence-electron chi connectivity index (χ3n) is 3.12. The lowest BCUT2D eigenvalue weighted by Crippen LogP contribution is -2.56. The highest BCUT2D eigenvalue weighted by molar-refractivity contribution is 5.88. The molecule has 1 saturated heterocycles. The van der Waals surface area contributed by atoms with E-state index < -0.39 is 0 Å². The molecule has 1 heterocycles. The van der Waals surface area contributed by atoms with E-state index in [0.29, 0.717) is 12.1 Å². The van der Waals surface area contributed by atoms with Crippen LogP contribution in [0.25, 0.3) is 0 Å². The number of allylic oxidation sites excluding steroid dienone is 3. The first-order valence-corrected chi connectivity index (χ1v) is 5.86. The van der Waals surface area contributed by atoms with E-state index in [1.54, 1.807) is 12.2 Å². The van der Waals surface area contributed by atoms with Crippen molar-refractivity contribution in [2.75, 3.05) is 20.1 Å². The number of likely N-dealkylation sites (N-methyl/N-ethyl adjacent to an activating group) is 1. The molecule has 3 nitrogen and oxygen atoms in total. The molecule has 16 heavy (non-hydrogen) atoms. The van der Waals surface area contributed by atoms with Crippen molar-refractivity contribution in [1.82, 2.24) is 9.80 Å². The normalized spacial score (nSPS) is 28.1. The second-order valence-corrected chi connectivity index (χ2v) is 4.51. The lowest BCUT2D eigenvalue weighted by Gasteiger charge is -2.42. The molecule has 1 amide bonds. The number of nitrogens with zero attached hydrogens (tertiary/aromatic N) is 2. The molecule has 1 aliphatic rings. The van der Waals surface area contributed by atoms with E-state index in [0.717, 1.165) is 13.1 Å². The Hall–Kier alpha value is -1.09. The topological polar surface area (TPSA) is 23.6 Å². The van der Waals surface area contributed by atoms with Crippen LogP contribution in [0, 0.1) is 0 Å². The summed E-state index contributed by atoms with van der Waals surface area (Å²) in [4.78, 5) is 16.2. The summed E-state index contributed by atoms with van der Waals surface area (Å²) in [5.41, 5.74) is 0. The maximum atomic E-state index is 11.9. The molecule has 0 aromatic carbocycles. The van der Waals surface area contributed by atoms with E-state index in [-0.39, 0.29) is 5.91 Å². The molecule has 0 spiro atoms. The number of rotatable bonds is 2. The van der Waals surface area contributed by atoms with Crippen molar-refractivity contribution in [2.45, 2.75) is 32.9 Å². The molecular formula is C13H22N2O. The van der Waals surface area contributed by atoms with Gasteiger partial charge in [-0.05, 0) is 27.8 Å². The Morgan fingerprint density at radius 2 is 1.88 bits per heavy atom. The Kier molecular flexibility index (Phi) is 4.74. The summed E-state index contributed by atoms with van der Waals surface area (Å²) in [5, 5.41) is 0. The maximum Gasteiger partial charge on any atom is 0.246 e. The fourth-order valence-electron chi connectivity index (χ4n) is 1.95. The quantitative estimate of drug-likeness (QED) is 0.524. The van der Waals surface area contributed by atoms with Gasteiger partial charge in [-0.1, -0.05) is 18.2 Å². The fourth-order valence-corrected chi connectivity index (χ4v) is 1.95. The summed E-state index contributed by atoms with van der Waals surface area (Å²) in [6.45, 7) is 7.96. The summed E-state index contributed by atoms with van der Waals surface area (Å²) >= 11 is 0. The second-order valence-electron chi connectivity index (χ2n) is 4.51. The van der Waals surface area contributed by atoms with Crippen molar-refractivity contribution in [3.63, 3.8) is 0 Å². The Balaban J connectivity index is 2.62. The summed E-state index contributed by atoms with van der Waals surface area (Å²) in [5.74, 6) is 0.116. The summed E-state index contributed by atoms with van der Waals surface area (Å²) in [6, 6.07) is 0.735. The molecule has 2 atom stereocenters. The molecule has 1 fully saturated rings. The molecule has 1 aliphatic heterocycles. The maximum absolute atomic E-state index is 11.9. The Labute approximate surface area is 98.4 Å². The molecular weight excluding hydrogens is 200 g/mol. The van der Waals surface area contributed by atoms with Crippen molar-refractivity contribution >= 4 is 5.91 Å². The third-order valence-corrected chi connectivity index (χ3v) is 3.12. The minimum atomic E-state index is 0.116. The monoisotopic (exact) mass is 222 g/mol. The van der Waals surface area contributed by atoms with Gasteiger partial charge in [0, 0.05) is 31.2 Å². The van der Waals surface area contributed by atoms with Gasteiger partial charge in [-0.2, -0.15) is 0 Å². The van der Waals surface area contributed by atoms with Gasteiger partial charge < -0.3 is 4.90 Å². The average Bonchev–Trinajstić information content (AvgIpc) is 2.23. The van der Waals surface area contributed by atoms with Crippen molar-refractivity contribution in [2.24, 2.45) is 0 Å². The van der Waals surface area contributed by atoms with Crippen LogP contribution in [0.5, 0.6) is 0 Å². The summed E-state index contributed by atoms with van der Waals surface area (Å²) in [6.07, 6.45) is 7.24. The van der Waals surface area contributed by atoms with E-state index in [9.17, 15) is 4.79 Å². The molecule has 3 heteroatoms. The zero-order valence-electron chi connectivity index (χ0n) is 10.7. The lowest BCUT2D eigenvalue weighted by atomic mass is 10.1. The Morgan fingerprint density at radius 3 is 2.50 bits per heavy atom. The Bertz CT molecular complexity index is 296. The highest BCUT2D eigenvalue weighted by Crippen LogP contribution is 2.13. The number of hydrogen-bond donors (Lipinski definition) is 0. The molecule has 0 bridgehead atoms. The summed E-state index contributed by atoms with van der Waals surface area (Å²) in [7, 11) is 2.11. The first kappa shape index (κ1) is 13.0. The first-order valence-electron chi connectivity index (χ1n) is 5.86. The minimum absolute atomic E-state index is 0.116. The highest BCUT2D eigenvalue weighted by atomic mass is 16.2. The molecule has 0 radical (unpaired) electrons. The van der Waals surface area contributed by atoms with Crippen LogP contribution in [-0.4, -0.2) is 47.9 Å². The SMILES string of the molecule is C/C=C/C=C/C(=O)N1C[C@@H](C)N(C)C[C@@H]1C. The zero-order chi connectivity index (χ0) is 12.1. The van der Waals surface area contributed by atoms with Gasteiger partial charge in [0.15, 0.2) is 0 Å². The predicted octanol–water partition coefficient (Wildman–Crippen LogP) is 1.67. The van der Waals surface area contributed by atoms with Crippen LogP contribution in [0.4, 0.5) is 0 Å². The van der Waals surface area contributed by atoms with Crippen LogP contribution in [0.15, 0.2) is 24.3 Å². The number of hydrogen-bond acceptors (Lipinski definition) is 2. The number of amides is 1. The smallest absolute Gasteiger partial charge is 0.246 e. The molecule has 1 rings (SSSR count). The highest BCUT2D eigenvalue weighted by Gasteiger charge is 2.28. The molecule has 0 aromatic heterocycles.